The van der Waals surface area contributed by atoms with Gasteiger partial charge in [0.05, 0.1) is 0 Å². The van der Waals surface area contributed by atoms with Crippen LogP contribution < -0.4 is 5.32 Å². The van der Waals surface area contributed by atoms with Crippen LogP contribution in [0.15, 0.2) is 0 Å². The van der Waals surface area contributed by atoms with Gasteiger partial charge in [-0.15, -0.1) is 0 Å². The highest BCUT2D eigenvalue weighted by molar-refractivity contribution is 4.83. The molecule has 0 aromatic heterocycles. The van der Waals surface area contributed by atoms with E-state index >= 15 is 0 Å². The van der Waals surface area contributed by atoms with Crippen LogP contribution in [0.2, 0.25) is 0 Å². The summed E-state index contributed by atoms with van der Waals surface area (Å²) in [5, 5.41) is 3.74. The van der Waals surface area contributed by atoms with Crippen molar-refractivity contribution in [3.8, 4) is 0 Å². The Morgan fingerprint density at radius 1 is 1.22 bits per heavy atom. The maximum Gasteiger partial charge on any atom is 0.0235 e. The molecule has 1 heterocycles. The van der Waals surface area contributed by atoms with Gasteiger partial charge in [-0.25, -0.2) is 0 Å². The van der Waals surface area contributed by atoms with Crippen LogP contribution in [0.1, 0.15) is 40.0 Å². The lowest BCUT2D eigenvalue weighted by Crippen LogP contribution is -2.52. The number of likely N-dealkylation sites (N-methyl/N-ethyl adjacent to an activating group) is 2. The second-order valence-corrected chi connectivity index (χ2v) is 6.41. The molecule has 1 saturated heterocycles. The molecule has 18 heavy (non-hydrogen) atoms. The molecule has 0 saturated carbocycles. The molecule has 0 bridgehead atoms. The first-order chi connectivity index (χ1) is 8.52. The Kier molecular flexibility index (Phi) is 7.20. The first kappa shape index (κ1) is 15.9. The number of hydrogen-bond donors (Lipinski definition) is 1. The van der Waals surface area contributed by atoms with E-state index in [2.05, 4.69) is 50.0 Å². The van der Waals surface area contributed by atoms with Crippen molar-refractivity contribution in [2.75, 3.05) is 40.3 Å². The van der Waals surface area contributed by atoms with E-state index in [-0.39, 0.29) is 0 Å². The van der Waals surface area contributed by atoms with Crippen LogP contribution in [0.5, 0.6) is 0 Å². The van der Waals surface area contributed by atoms with Crippen LogP contribution in [0, 0.1) is 5.92 Å². The second kappa shape index (κ2) is 8.13. The van der Waals surface area contributed by atoms with Gasteiger partial charge in [0.1, 0.15) is 0 Å². The van der Waals surface area contributed by atoms with Gasteiger partial charge in [-0.3, -0.25) is 0 Å². The van der Waals surface area contributed by atoms with Crippen molar-refractivity contribution in [2.45, 2.75) is 52.1 Å². The van der Waals surface area contributed by atoms with Crippen LogP contribution in [0.4, 0.5) is 0 Å². The number of hydrogen-bond acceptors (Lipinski definition) is 3. The third kappa shape index (κ3) is 5.68. The molecule has 1 aliphatic rings. The summed E-state index contributed by atoms with van der Waals surface area (Å²) < 4.78 is 0. The number of nitrogens with one attached hydrogen (secondary N) is 1. The number of nitrogens with zero attached hydrogens (tertiary/aromatic N) is 2. The maximum atomic E-state index is 3.74. The van der Waals surface area contributed by atoms with Gasteiger partial charge in [0.2, 0.25) is 0 Å². The van der Waals surface area contributed by atoms with Crippen molar-refractivity contribution < 1.29 is 0 Å². The summed E-state index contributed by atoms with van der Waals surface area (Å²) in [7, 11) is 4.53. The quantitative estimate of drug-likeness (QED) is 0.751. The molecule has 2 unspecified atom stereocenters. The second-order valence-electron chi connectivity index (χ2n) is 6.41. The molecule has 0 aromatic rings. The highest BCUT2D eigenvalue weighted by Crippen LogP contribution is 2.16. The van der Waals surface area contributed by atoms with Gasteiger partial charge in [0.15, 0.2) is 0 Å². The average molecular weight is 255 g/mol. The lowest BCUT2D eigenvalue weighted by Gasteiger charge is -2.39. The van der Waals surface area contributed by atoms with Crippen molar-refractivity contribution in [3.63, 3.8) is 0 Å². The normalized spacial score (nSPS) is 24.7. The minimum absolute atomic E-state index is 0.684. The fourth-order valence-corrected chi connectivity index (χ4v) is 2.86. The molecule has 0 radical (unpaired) electrons. The summed E-state index contributed by atoms with van der Waals surface area (Å²) in [5.41, 5.74) is 0. The van der Waals surface area contributed by atoms with E-state index < -0.39 is 0 Å². The summed E-state index contributed by atoms with van der Waals surface area (Å²) in [4.78, 5) is 5.01. The third-order valence-corrected chi connectivity index (χ3v) is 3.98. The number of rotatable bonds is 7. The fraction of sp³-hybridized carbons (Fsp3) is 1.00. The molecule has 0 aliphatic carbocycles. The highest BCUT2D eigenvalue weighted by atomic mass is 15.3. The Labute approximate surface area is 114 Å². The van der Waals surface area contributed by atoms with Gasteiger partial charge < -0.3 is 15.1 Å². The summed E-state index contributed by atoms with van der Waals surface area (Å²) in [5.74, 6) is 0.783. The minimum atomic E-state index is 0.684. The fourth-order valence-electron chi connectivity index (χ4n) is 2.86. The van der Waals surface area contributed by atoms with E-state index in [9.17, 15) is 0 Å². The van der Waals surface area contributed by atoms with Crippen LogP contribution >= 0.6 is 0 Å². The Morgan fingerprint density at radius 2 is 1.94 bits per heavy atom. The molecular formula is C15H33N3. The zero-order valence-electron chi connectivity index (χ0n) is 13.1. The molecule has 1 fully saturated rings. The standard InChI is InChI=1S/C15H33N3/c1-6-7-16-14(10-13(2)3)11-15-12-17(4)8-9-18(15)5/h13-16H,6-12H2,1-5H3. The lowest BCUT2D eigenvalue weighted by molar-refractivity contribution is 0.0988. The maximum absolute atomic E-state index is 3.74. The predicted octanol–water partition coefficient (Wildman–Crippen LogP) is 2.04. The van der Waals surface area contributed by atoms with Gasteiger partial charge in [-0.1, -0.05) is 20.8 Å². The molecule has 0 amide bonds. The van der Waals surface area contributed by atoms with Crippen molar-refractivity contribution in [1.82, 2.24) is 15.1 Å². The predicted molar refractivity (Wildman–Crippen MR) is 80.1 cm³/mol. The Morgan fingerprint density at radius 3 is 2.56 bits per heavy atom. The Bertz CT molecular complexity index is 218. The highest BCUT2D eigenvalue weighted by Gasteiger charge is 2.25. The largest absolute Gasteiger partial charge is 0.314 e. The van der Waals surface area contributed by atoms with E-state index in [1.807, 2.05) is 0 Å². The van der Waals surface area contributed by atoms with E-state index in [0.29, 0.717) is 6.04 Å². The topological polar surface area (TPSA) is 18.5 Å². The van der Waals surface area contributed by atoms with Gasteiger partial charge in [-0.05, 0) is 45.8 Å². The molecular weight excluding hydrogens is 222 g/mol. The third-order valence-electron chi connectivity index (χ3n) is 3.98. The van der Waals surface area contributed by atoms with E-state index in [1.165, 1.54) is 38.9 Å². The van der Waals surface area contributed by atoms with Crippen molar-refractivity contribution in [3.05, 3.63) is 0 Å². The van der Waals surface area contributed by atoms with Crippen LogP contribution in [0.25, 0.3) is 0 Å². The Balaban J connectivity index is 2.46. The molecule has 1 rings (SSSR count). The summed E-state index contributed by atoms with van der Waals surface area (Å²) >= 11 is 0. The summed E-state index contributed by atoms with van der Waals surface area (Å²) in [6, 6.07) is 1.40. The van der Waals surface area contributed by atoms with Crippen LogP contribution in [0.3, 0.4) is 0 Å². The van der Waals surface area contributed by atoms with Crippen LogP contribution in [-0.2, 0) is 0 Å². The van der Waals surface area contributed by atoms with Crippen molar-refractivity contribution in [1.29, 1.82) is 0 Å². The van der Waals surface area contributed by atoms with Gasteiger partial charge in [0.25, 0.3) is 0 Å². The lowest BCUT2D eigenvalue weighted by atomic mass is 9.95. The SMILES string of the molecule is CCCNC(CC(C)C)CC1CN(C)CCN1C. The molecule has 3 nitrogen and oxygen atoms in total. The molecule has 3 heteroatoms. The van der Waals surface area contributed by atoms with Crippen molar-refractivity contribution in [2.24, 2.45) is 5.92 Å². The summed E-state index contributed by atoms with van der Waals surface area (Å²) in [6.07, 6.45) is 3.82. The van der Waals surface area contributed by atoms with E-state index in [0.717, 1.165) is 18.5 Å². The van der Waals surface area contributed by atoms with Gasteiger partial charge in [0, 0.05) is 31.7 Å². The van der Waals surface area contributed by atoms with Gasteiger partial charge >= 0.3 is 0 Å². The molecule has 0 aromatic carbocycles. The van der Waals surface area contributed by atoms with Crippen LogP contribution in [-0.4, -0.2) is 62.2 Å². The zero-order valence-corrected chi connectivity index (χ0v) is 13.1. The first-order valence-corrected chi connectivity index (χ1v) is 7.65. The molecule has 2 atom stereocenters. The molecule has 108 valence electrons. The minimum Gasteiger partial charge on any atom is -0.314 e. The molecule has 1 N–H and O–H groups in total. The zero-order chi connectivity index (χ0) is 13.5. The average Bonchev–Trinajstić information content (AvgIpc) is 2.30. The summed E-state index contributed by atoms with van der Waals surface area (Å²) in [6.45, 7) is 11.7. The van der Waals surface area contributed by atoms with E-state index in [1.54, 1.807) is 0 Å². The molecule has 0 spiro atoms. The Hall–Kier alpha value is -0.120. The number of piperazine rings is 1. The monoisotopic (exact) mass is 255 g/mol. The van der Waals surface area contributed by atoms with Gasteiger partial charge in [-0.2, -0.15) is 0 Å². The smallest absolute Gasteiger partial charge is 0.0235 e. The first-order valence-electron chi connectivity index (χ1n) is 7.65. The molecule has 1 aliphatic heterocycles. The van der Waals surface area contributed by atoms with E-state index in [4.69, 9.17) is 0 Å². The van der Waals surface area contributed by atoms with Crippen molar-refractivity contribution >= 4 is 0 Å².